The fourth-order valence-corrected chi connectivity index (χ4v) is 2.58. The molecule has 0 aliphatic carbocycles. The van der Waals surface area contributed by atoms with Crippen LogP contribution in [0, 0.1) is 24.2 Å². The molecule has 2 N–H and O–H groups in total. The predicted molar refractivity (Wildman–Crippen MR) is 86.0 cm³/mol. The summed E-state index contributed by atoms with van der Waals surface area (Å²) in [4.78, 5) is 14.5. The summed E-state index contributed by atoms with van der Waals surface area (Å²) in [6, 6.07) is 5.72. The van der Waals surface area contributed by atoms with Crippen molar-refractivity contribution in [3.8, 4) is 11.8 Å². The molecule has 0 spiro atoms. The van der Waals surface area contributed by atoms with Gasteiger partial charge in [0.1, 0.15) is 0 Å². The molecule has 1 aromatic rings. The number of carbonyl (C=O) groups excluding carboxylic acids is 1. The number of aryl methyl sites for hydroxylation is 1. The Morgan fingerprint density at radius 2 is 2.00 bits per heavy atom. The summed E-state index contributed by atoms with van der Waals surface area (Å²) in [6.45, 7) is 8.56. The van der Waals surface area contributed by atoms with Gasteiger partial charge in [-0.15, -0.1) is 0 Å². The molecular formula is C18H24N2O. The molecule has 0 saturated carbocycles. The zero-order chi connectivity index (χ0) is 15.5. The summed E-state index contributed by atoms with van der Waals surface area (Å²) in [5.41, 5.74) is 8.47. The molecule has 1 heterocycles. The lowest BCUT2D eigenvalue weighted by atomic mass is 9.82. The Labute approximate surface area is 127 Å². The average Bonchev–Trinajstić information content (AvgIpc) is 2.45. The topological polar surface area (TPSA) is 46.3 Å². The number of hydrogen-bond acceptors (Lipinski definition) is 2. The second kappa shape index (κ2) is 6.32. The Kier molecular flexibility index (Phi) is 4.69. The number of carbonyl (C=O) groups is 1. The van der Waals surface area contributed by atoms with Crippen LogP contribution in [0.15, 0.2) is 18.2 Å². The molecular weight excluding hydrogens is 260 g/mol. The van der Waals surface area contributed by atoms with E-state index in [0.29, 0.717) is 12.0 Å². The molecule has 1 amide bonds. The van der Waals surface area contributed by atoms with Gasteiger partial charge in [-0.25, -0.2) is 0 Å². The number of nitrogens with two attached hydrogens (primary N) is 1. The molecule has 21 heavy (non-hydrogen) atoms. The maximum atomic E-state index is 12.6. The Bertz CT molecular complexity index is 583. The molecule has 1 saturated heterocycles. The van der Waals surface area contributed by atoms with Crippen LogP contribution in [-0.2, 0) is 0 Å². The van der Waals surface area contributed by atoms with Crippen LogP contribution in [0.5, 0.6) is 0 Å². The summed E-state index contributed by atoms with van der Waals surface area (Å²) >= 11 is 0. The van der Waals surface area contributed by atoms with E-state index in [1.807, 2.05) is 30.0 Å². The van der Waals surface area contributed by atoms with Crippen molar-refractivity contribution in [3.63, 3.8) is 0 Å². The summed E-state index contributed by atoms with van der Waals surface area (Å²) in [5.74, 6) is 6.01. The number of likely N-dealkylation sites (tertiary alicyclic amines) is 1. The first-order valence-electron chi connectivity index (χ1n) is 7.52. The van der Waals surface area contributed by atoms with E-state index in [-0.39, 0.29) is 5.91 Å². The van der Waals surface area contributed by atoms with E-state index in [1.165, 1.54) is 0 Å². The zero-order valence-corrected chi connectivity index (χ0v) is 13.2. The van der Waals surface area contributed by atoms with Crippen molar-refractivity contribution in [3.05, 3.63) is 34.9 Å². The summed E-state index contributed by atoms with van der Waals surface area (Å²) in [6.07, 6.45) is 2.13. The maximum Gasteiger partial charge on any atom is 0.253 e. The van der Waals surface area contributed by atoms with Crippen molar-refractivity contribution in [1.82, 2.24) is 4.90 Å². The Hall–Kier alpha value is -1.79. The first-order valence-corrected chi connectivity index (χ1v) is 7.52. The number of benzene rings is 1. The number of amides is 1. The molecule has 1 aliphatic heterocycles. The lowest BCUT2D eigenvalue weighted by molar-refractivity contribution is 0.0630. The van der Waals surface area contributed by atoms with E-state index in [9.17, 15) is 4.79 Å². The van der Waals surface area contributed by atoms with Gasteiger partial charge < -0.3 is 10.6 Å². The molecule has 1 fully saturated rings. The first-order chi connectivity index (χ1) is 9.93. The SMILES string of the molecule is Cc1cc(C(=O)N2CCC(C)(C)CC2)ccc1C#CCN. The highest BCUT2D eigenvalue weighted by molar-refractivity contribution is 5.94. The van der Waals surface area contributed by atoms with Gasteiger partial charge in [0.2, 0.25) is 0 Å². The van der Waals surface area contributed by atoms with Crippen LogP contribution in [-0.4, -0.2) is 30.4 Å². The van der Waals surface area contributed by atoms with Crippen molar-refractivity contribution in [2.24, 2.45) is 11.1 Å². The predicted octanol–water partition coefficient (Wildman–Crippen LogP) is 2.57. The van der Waals surface area contributed by atoms with Crippen LogP contribution in [0.3, 0.4) is 0 Å². The van der Waals surface area contributed by atoms with E-state index >= 15 is 0 Å². The number of rotatable bonds is 1. The quantitative estimate of drug-likeness (QED) is 0.806. The van der Waals surface area contributed by atoms with Crippen LogP contribution >= 0.6 is 0 Å². The Balaban J connectivity index is 2.12. The molecule has 0 radical (unpaired) electrons. The van der Waals surface area contributed by atoms with Gasteiger partial charge in [-0.2, -0.15) is 0 Å². The average molecular weight is 284 g/mol. The van der Waals surface area contributed by atoms with Crippen molar-refractivity contribution >= 4 is 5.91 Å². The van der Waals surface area contributed by atoms with Gasteiger partial charge >= 0.3 is 0 Å². The maximum absolute atomic E-state index is 12.6. The molecule has 3 heteroatoms. The van der Waals surface area contributed by atoms with Crippen LogP contribution in [0.2, 0.25) is 0 Å². The minimum atomic E-state index is 0.131. The van der Waals surface area contributed by atoms with E-state index < -0.39 is 0 Å². The van der Waals surface area contributed by atoms with Crippen LogP contribution < -0.4 is 5.73 Å². The van der Waals surface area contributed by atoms with Crippen molar-refractivity contribution in [2.45, 2.75) is 33.6 Å². The van der Waals surface area contributed by atoms with E-state index in [1.54, 1.807) is 0 Å². The van der Waals surface area contributed by atoms with E-state index in [2.05, 4.69) is 25.7 Å². The van der Waals surface area contributed by atoms with Crippen molar-refractivity contribution in [2.75, 3.05) is 19.6 Å². The van der Waals surface area contributed by atoms with Crippen LogP contribution in [0.25, 0.3) is 0 Å². The molecule has 1 aromatic carbocycles. The van der Waals surface area contributed by atoms with E-state index in [4.69, 9.17) is 5.73 Å². The molecule has 1 aliphatic rings. The van der Waals surface area contributed by atoms with Crippen molar-refractivity contribution in [1.29, 1.82) is 0 Å². The highest BCUT2D eigenvalue weighted by Gasteiger charge is 2.28. The minimum Gasteiger partial charge on any atom is -0.339 e. The number of piperidine rings is 1. The second-order valence-electron chi connectivity index (χ2n) is 6.49. The third-order valence-corrected chi connectivity index (χ3v) is 4.20. The monoisotopic (exact) mass is 284 g/mol. The summed E-state index contributed by atoms with van der Waals surface area (Å²) in [5, 5.41) is 0. The number of nitrogens with zero attached hydrogens (tertiary/aromatic N) is 1. The van der Waals surface area contributed by atoms with Gasteiger partial charge in [-0.05, 0) is 48.9 Å². The molecule has 0 atom stereocenters. The van der Waals surface area contributed by atoms with Gasteiger partial charge in [0.15, 0.2) is 0 Å². The van der Waals surface area contributed by atoms with Gasteiger partial charge in [-0.3, -0.25) is 4.79 Å². The summed E-state index contributed by atoms with van der Waals surface area (Å²) < 4.78 is 0. The molecule has 0 bridgehead atoms. The third-order valence-electron chi connectivity index (χ3n) is 4.20. The van der Waals surface area contributed by atoms with Crippen LogP contribution in [0.4, 0.5) is 0 Å². The van der Waals surface area contributed by atoms with Gasteiger partial charge in [0.05, 0.1) is 6.54 Å². The van der Waals surface area contributed by atoms with Gasteiger partial charge in [0, 0.05) is 24.2 Å². The summed E-state index contributed by atoms with van der Waals surface area (Å²) in [7, 11) is 0. The normalized spacial score (nSPS) is 17.0. The lowest BCUT2D eigenvalue weighted by Gasteiger charge is -2.37. The molecule has 0 unspecified atom stereocenters. The third kappa shape index (κ3) is 3.86. The first kappa shape index (κ1) is 15.6. The van der Waals surface area contributed by atoms with Gasteiger partial charge in [-0.1, -0.05) is 25.7 Å². The van der Waals surface area contributed by atoms with Crippen LogP contribution in [0.1, 0.15) is 48.2 Å². The minimum absolute atomic E-state index is 0.131. The van der Waals surface area contributed by atoms with E-state index in [0.717, 1.165) is 42.6 Å². The molecule has 0 aromatic heterocycles. The van der Waals surface area contributed by atoms with Gasteiger partial charge in [0.25, 0.3) is 5.91 Å². The largest absolute Gasteiger partial charge is 0.339 e. The smallest absolute Gasteiger partial charge is 0.253 e. The Morgan fingerprint density at radius 3 is 2.57 bits per heavy atom. The van der Waals surface area contributed by atoms with Crippen molar-refractivity contribution < 1.29 is 4.79 Å². The standard InChI is InChI=1S/C18H24N2O/c1-14-13-16(7-6-15(14)5-4-10-19)17(21)20-11-8-18(2,3)9-12-20/h6-7,13H,8-12,19H2,1-3H3. The molecule has 2 rings (SSSR count). The highest BCUT2D eigenvalue weighted by atomic mass is 16.2. The zero-order valence-electron chi connectivity index (χ0n) is 13.2. The fourth-order valence-electron chi connectivity index (χ4n) is 2.58. The fraction of sp³-hybridized carbons (Fsp3) is 0.500. The molecule has 112 valence electrons. The highest BCUT2D eigenvalue weighted by Crippen LogP contribution is 2.30. The molecule has 3 nitrogen and oxygen atoms in total. The Morgan fingerprint density at radius 1 is 1.33 bits per heavy atom. The lowest BCUT2D eigenvalue weighted by Crippen LogP contribution is -2.41. The number of hydrogen-bond donors (Lipinski definition) is 1. The second-order valence-corrected chi connectivity index (χ2v) is 6.49.